The van der Waals surface area contributed by atoms with E-state index in [9.17, 15) is 0 Å². The first-order chi connectivity index (χ1) is 11.6. The standard InChI is InChI=1S/C19H37N5.HI/c1-17(2)11-7-5-6-8-12-22-19(20-4)23-13-9-10-15-24-16-14-21-18(24)3;/h14,16-17H,5-13,15H2,1-4H3,(H2,20,22,23);1H. The second kappa shape index (κ2) is 15.5. The molecule has 1 heterocycles. The number of halogens is 1. The van der Waals surface area contributed by atoms with Crippen LogP contribution in [0.1, 0.15) is 64.6 Å². The van der Waals surface area contributed by atoms with Crippen molar-refractivity contribution in [1.82, 2.24) is 20.2 Å². The number of guanidine groups is 1. The van der Waals surface area contributed by atoms with Gasteiger partial charge in [0.15, 0.2) is 5.96 Å². The van der Waals surface area contributed by atoms with E-state index in [4.69, 9.17) is 0 Å². The molecule has 2 N–H and O–H groups in total. The highest BCUT2D eigenvalue weighted by atomic mass is 127. The van der Waals surface area contributed by atoms with E-state index in [1.807, 2.05) is 26.4 Å². The molecule has 0 radical (unpaired) electrons. The van der Waals surface area contributed by atoms with E-state index >= 15 is 0 Å². The van der Waals surface area contributed by atoms with Crippen LogP contribution in [0.15, 0.2) is 17.4 Å². The molecule has 0 atom stereocenters. The Kier molecular flexibility index (Phi) is 15.0. The van der Waals surface area contributed by atoms with Gasteiger partial charge in [0.2, 0.25) is 0 Å². The Balaban J connectivity index is 0.00000576. The number of nitrogens with one attached hydrogen (secondary N) is 2. The Hall–Kier alpha value is -0.790. The van der Waals surface area contributed by atoms with Gasteiger partial charge in [-0.05, 0) is 32.1 Å². The van der Waals surface area contributed by atoms with Gasteiger partial charge in [0.25, 0.3) is 0 Å². The van der Waals surface area contributed by atoms with Crippen molar-refractivity contribution >= 4 is 29.9 Å². The van der Waals surface area contributed by atoms with E-state index in [1.165, 1.54) is 32.1 Å². The zero-order valence-corrected chi connectivity index (χ0v) is 18.9. The number of unbranched alkanes of at least 4 members (excludes halogenated alkanes) is 4. The van der Waals surface area contributed by atoms with Gasteiger partial charge in [0.1, 0.15) is 5.82 Å². The molecule has 0 amide bonds. The van der Waals surface area contributed by atoms with Gasteiger partial charge in [-0.15, -0.1) is 24.0 Å². The quantitative estimate of drug-likeness (QED) is 0.210. The highest BCUT2D eigenvalue weighted by molar-refractivity contribution is 14.0. The molecule has 0 aromatic carbocycles. The normalized spacial score (nSPS) is 11.5. The largest absolute Gasteiger partial charge is 0.356 e. The smallest absolute Gasteiger partial charge is 0.190 e. The number of hydrogen-bond donors (Lipinski definition) is 2. The second-order valence-corrected chi connectivity index (χ2v) is 6.90. The first-order valence-corrected chi connectivity index (χ1v) is 9.55. The summed E-state index contributed by atoms with van der Waals surface area (Å²) in [5, 5.41) is 6.80. The van der Waals surface area contributed by atoms with Gasteiger partial charge in [0.05, 0.1) is 0 Å². The minimum absolute atomic E-state index is 0. The van der Waals surface area contributed by atoms with E-state index in [1.54, 1.807) is 0 Å². The van der Waals surface area contributed by atoms with Gasteiger partial charge < -0.3 is 15.2 Å². The summed E-state index contributed by atoms with van der Waals surface area (Å²) in [7, 11) is 1.84. The predicted molar refractivity (Wildman–Crippen MR) is 119 cm³/mol. The Morgan fingerprint density at radius 2 is 1.72 bits per heavy atom. The summed E-state index contributed by atoms with van der Waals surface area (Å²) in [4.78, 5) is 8.53. The van der Waals surface area contributed by atoms with Crippen LogP contribution in [0.2, 0.25) is 0 Å². The van der Waals surface area contributed by atoms with Crippen molar-refractivity contribution in [2.24, 2.45) is 10.9 Å². The van der Waals surface area contributed by atoms with Crippen LogP contribution < -0.4 is 10.6 Å². The van der Waals surface area contributed by atoms with Crippen LogP contribution in [0.3, 0.4) is 0 Å². The van der Waals surface area contributed by atoms with Gasteiger partial charge in [-0.3, -0.25) is 4.99 Å². The zero-order valence-electron chi connectivity index (χ0n) is 16.6. The highest BCUT2D eigenvalue weighted by Gasteiger charge is 1.99. The molecule has 0 saturated heterocycles. The van der Waals surface area contributed by atoms with Crippen LogP contribution in [0, 0.1) is 12.8 Å². The van der Waals surface area contributed by atoms with Crippen molar-refractivity contribution in [3.05, 3.63) is 18.2 Å². The van der Waals surface area contributed by atoms with Crippen LogP contribution in [-0.2, 0) is 6.54 Å². The number of rotatable bonds is 12. The number of aryl methyl sites for hydroxylation is 2. The maximum Gasteiger partial charge on any atom is 0.190 e. The molecule has 25 heavy (non-hydrogen) atoms. The summed E-state index contributed by atoms with van der Waals surface area (Å²) < 4.78 is 2.20. The van der Waals surface area contributed by atoms with Crippen LogP contribution in [0.4, 0.5) is 0 Å². The van der Waals surface area contributed by atoms with E-state index in [-0.39, 0.29) is 24.0 Å². The number of aromatic nitrogens is 2. The van der Waals surface area contributed by atoms with E-state index in [2.05, 4.69) is 39.0 Å². The van der Waals surface area contributed by atoms with Gasteiger partial charge in [0, 0.05) is 39.1 Å². The number of aliphatic imine (C=N–C) groups is 1. The van der Waals surface area contributed by atoms with Crippen LogP contribution in [-0.4, -0.2) is 35.6 Å². The maximum atomic E-state index is 4.29. The summed E-state index contributed by atoms with van der Waals surface area (Å²) in [6.45, 7) is 9.65. The molecule has 1 aromatic rings. The minimum Gasteiger partial charge on any atom is -0.356 e. The fourth-order valence-electron chi connectivity index (χ4n) is 2.71. The Labute approximate surface area is 171 Å². The molecular formula is C19H38IN5. The van der Waals surface area contributed by atoms with Crippen molar-refractivity contribution in [2.45, 2.75) is 72.3 Å². The van der Waals surface area contributed by atoms with Crippen molar-refractivity contribution in [1.29, 1.82) is 0 Å². The van der Waals surface area contributed by atoms with Crippen LogP contribution >= 0.6 is 24.0 Å². The number of imidazole rings is 1. The van der Waals surface area contributed by atoms with Crippen LogP contribution in [0.25, 0.3) is 0 Å². The van der Waals surface area contributed by atoms with E-state index in [0.717, 1.165) is 50.2 Å². The third-order valence-corrected chi connectivity index (χ3v) is 4.27. The molecule has 1 rings (SSSR count). The summed E-state index contributed by atoms with van der Waals surface area (Å²) in [6.07, 6.45) is 12.8. The third kappa shape index (κ3) is 12.2. The molecule has 0 bridgehead atoms. The van der Waals surface area contributed by atoms with Gasteiger partial charge >= 0.3 is 0 Å². The number of hydrogen-bond acceptors (Lipinski definition) is 2. The topological polar surface area (TPSA) is 54.2 Å². The third-order valence-electron chi connectivity index (χ3n) is 4.27. The van der Waals surface area contributed by atoms with Gasteiger partial charge in [-0.25, -0.2) is 4.98 Å². The lowest BCUT2D eigenvalue weighted by Gasteiger charge is -2.12. The molecule has 5 nitrogen and oxygen atoms in total. The average Bonchev–Trinajstić information content (AvgIpc) is 2.96. The Bertz CT molecular complexity index is 456. The van der Waals surface area contributed by atoms with Gasteiger partial charge in [-0.2, -0.15) is 0 Å². The molecule has 6 heteroatoms. The fourth-order valence-corrected chi connectivity index (χ4v) is 2.71. The average molecular weight is 463 g/mol. The lowest BCUT2D eigenvalue weighted by molar-refractivity contribution is 0.518. The molecule has 0 fully saturated rings. The second-order valence-electron chi connectivity index (χ2n) is 6.90. The van der Waals surface area contributed by atoms with Crippen molar-refractivity contribution in [3.8, 4) is 0 Å². The highest BCUT2D eigenvalue weighted by Crippen LogP contribution is 2.08. The molecule has 146 valence electrons. The van der Waals surface area contributed by atoms with Crippen molar-refractivity contribution in [3.63, 3.8) is 0 Å². The van der Waals surface area contributed by atoms with E-state index < -0.39 is 0 Å². The molecule has 0 unspecified atom stereocenters. The lowest BCUT2D eigenvalue weighted by atomic mass is 10.0. The van der Waals surface area contributed by atoms with Gasteiger partial charge in [-0.1, -0.05) is 39.5 Å². The molecular weight excluding hydrogens is 425 g/mol. The Morgan fingerprint density at radius 1 is 1.08 bits per heavy atom. The summed E-state index contributed by atoms with van der Waals surface area (Å²) in [5.74, 6) is 2.86. The first-order valence-electron chi connectivity index (χ1n) is 9.55. The van der Waals surface area contributed by atoms with Crippen LogP contribution in [0.5, 0.6) is 0 Å². The maximum absolute atomic E-state index is 4.29. The fraction of sp³-hybridized carbons (Fsp3) is 0.789. The van der Waals surface area contributed by atoms with E-state index in [0.29, 0.717) is 0 Å². The Morgan fingerprint density at radius 3 is 2.28 bits per heavy atom. The lowest BCUT2D eigenvalue weighted by Crippen LogP contribution is -2.38. The zero-order chi connectivity index (χ0) is 17.6. The predicted octanol–water partition coefficient (Wildman–Crippen LogP) is 4.36. The van der Waals surface area contributed by atoms with Crippen molar-refractivity contribution < 1.29 is 0 Å². The molecule has 0 spiro atoms. The minimum atomic E-state index is 0. The summed E-state index contributed by atoms with van der Waals surface area (Å²) in [5.41, 5.74) is 0. The summed E-state index contributed by atoms with van der Waals surface area (Å²) >= 11 is 0. The number of nitrogens with zero attached hydrogens (tertiary/aromatic N) is 3. The van der Waals surface area contributed by atoms with Crippen molar-refractivity contribution in [2.75, 3.05) is 20.1 Å². The SMILES string of the molecule is CN=C(NCCCCCCC(C)C)NCCCCn1ccnc1C.I. The molecule has 0 aliphatic heterocycles. The molecule has 0 saturated carbocycles. The monoisotopic (exact) mass is 463 g/mol. The molecule has 0 aliphatic carbocycles. The first kappa shape index (κ1) is 24.2. The molecule has 0 aliphatic rings. The molecule has 1 aromatic heterocycles. The summed E-state index contributed by atoms with van der Waals surface area (Å²) in [6, 6.07) is 0.